The Morgan fingerprint density at radius 2 is 1.85 bits per heavy atom. The van der Waals surface area contributed by atoms with Crippen LogP contribution in [0.1, 0.15) is 22.7 Å². The second-order valence-corrected chi connectivity index (χ2v) is 5.33. The summed E-state index contributed by atoms with van der Waals surface area (Å²) in [5, 5.41) is 0.844. The molecule has 0 aromatic heterocycles. The van der Waals surface area contributed by atoms with Crippen LogP contribution in [-0.4, -0.2) is 7.11 Å². The maximum atomic E-state index is 13.5. The topological polar surface area (TPSA) is 35.2 Å². The van der Waals surface area contributed by atoms with Gasteiger partial charge in [-0.3, -0.25) is 0 Å². The number of hydrogen-bond acceptors (Lipinski definition) is 2. The molecule has 1 unspecified atom stereocenters. The number of aryl methyl sites for hydroxylation is 1. The Morgan fingerprint density at radius 1 is 1.15 bits per heavy atom. The number of halogens is 3. The average Bonchev–Trinajstić information content (AvgIpc) is 2.42. The predicted molar refractivity (Wildman–Crippen MR) is 80.2 cm³/mol. The molecule has 106 valence electrons. The van der Waals surface area contributed by atoms with Crippen molar-refractivity contribution in [2.75, 3.05) is 7.11 Å². The minimum atomic E-state index is -0.519. The molecule has 0 heterocycles. The van der Waals surface area contributed by atoms with E-state index in [0.717, 1.165) is 5.56 Å². The highest BCUT2D eigenvalue weighted by atomic mass is 35.5. The lowest BCUT2D eigenvalue weighted by Crippen LogP contribution is -2.14. The quantitative estimate of drug-likeness (QED) is 0.905. The van der Waals surface area contributed by atoms with E-state index in [2.05, 4.69) is 0 Å². The molecule has 0 fully saturated rings. The molecule has 2 nitrogen and oxygen atoms in total. The summed E-state index contributed by atoms with van der Waals surface area (Å²) in [6.07, 6.45) is 0. The number of hydrogen-bond donors (Lipinski definition) is 1. The largest absolute Gasteiger partial charge is 0.496 e. The van der Waals surface area contributed by atoms with Gasteiger partial charge in [-0.1, -0.05) is 29.3 Å². The minimum Gasteiger partial charge on any atom is -0.496 e. The summed E-state index contributed by atoms with van der Waals surface area (Å²) in [5.41, 5.74) is 8.11. The standard InChI is InChI=1S/C15H14Cl2FNO/c1-8-5-11(12(17)7-13(8)18)15(19)10-4-3-9(16)6-14(10)20-2/h3-7,15H,19H2,1-2H3. The molecular weight excluding hydrogens is 300 g/mol. The van der Waals surface area contributed by atoms with Crippen molar-refractivity contribution in [3.8, 4) is 5.75 Å². The lowest BCUT2D eigenvalue weighted by atomic mass is 9.97. The summed E-state index contributed by atoms with van der Waals surface area (Å²) in [5.74, 6) is 0.220. The van der Waals surface area contributed by atoms with Gasteiger partial charge in [-0.05, 0) is 42.3 Å². The highest BCUT2D eigenvalue weighted by molar-refractivity contribution is 6.31. The molecule has 20 heavy (non-hydrogen) atoms. The summed E-state index contributed by atoms with van der Waals surface area (Å²) >= 11 is 12.0. The Balaban J connectivity index is 2.51. The summed E-state index contributed by atoms with van der Waals surface area (Å²) in [6.45, 7) is 1.67. The Kier molecular flexibility index (Phi) is 4.53. The van der Waals surface area contributed by atoms with E-state index >= 15 is 0 Å². The van der Waals surface area contributed by atoms with Crippen LogP contribution in [0.4, 0.5) is 4.39 Å². The molecule has 0 spiro atoms. The molecule has 5 heteroatoms. The van der Waals surface area contributed by atoms with Crippen molar-refractivity contribution >= 4 is 23.2 Å². The molecule has 0 bridgehead atoms. The fraction of sp³-hybridized carbons (Fsp3) is 0.200. The number of methoxy groups -OCH3 is 1. The molecule has 1 atom stereocenters. The molecule has 0 aliphatic rings. The SMILES string of the molecule is COc1cc(Cl)ccc1C(N)c1cc(C)c(F)cc1Cl. The molecule has 0 radical (unpaired) electrons. The van der Waals surface area contributed by atoms with Crippen molar-refractivity contribution in [2.45, 2.75) is 13.0 Å². The molecule has 2 aromatic carbocycles. The van der Waals surface area contributed by atoms with Crippen LogP contribution >= 0.6 is 23.2 Å². The van der Waals surface area contributed by atoms with Gasteiger partial charge >= 0.3 is 0 Å². The van der Waals surface area contributed by atoms with Gasteiger partial charge in [0.2, 0.25) is 0 Å². The molecule has 2 rings (SSSR count). The van der Waals surface area contributed by atoms with Gasteiger partial charge in [0.1, 0.15) is 11.6 Å². The maximum absolute atomic E-state index is 13.5. The van der Waals surface area contributed by atoms with E-state index in [-0.39, 0.29) is 10.8 Å². The molecule has 0 saturated heterocycles. The molecule has 2 aromatic rings. The van der Waals surface area contributed by atoms with Crippen LogP contribution in [0.2, 0.25) is 10.0 Å². The number of ether oxygens (including phenoxy) is 1. The normalized spacial score (nSPS) is 12.3. The Labute approximate surface area is 127 Å². The van der Waals surface area contributed by atoms with Crippen molar-refractivity contribution in [1.82, 2.24) is 0 Å². The van der Waals surface area contributed by atoms with E-state index in [4.69, 9.17) is 33.7 Å². The van der Waals surface area contributed by atoms with Crippen LogP contribution in [0.15, 0.2) is 30.3 Å². The number of nitrogens with two attached hydrogens (primary N) is 1. The third-order valence-electron chi connectivity index (χ3n) is 3.14. The van der Waals surface area contributed by atoms with Crippen LogP contribution in [0.3, 0.4) is 0 Å². The van der Waals surface area contributed by atoms with E-state index < -0.39 is 6.04 Å². The molecular formula is C15H14Cl2FNO. The van der Waals surface area contributed by atoms with Gasteiger partial charge in [0.05, 0.1) is 13.2 Å². The van der Waals surface area contributed by atoms with Gasteiger partial charge in [0.25, 0.3) is 0 Å². The van der Waals surface area contributed by atoms with E-state index in [1.54, 1.807) is 38.3 Å². The summed E-state index contributed by atoms with van der Waals surface area (Å²) in [7, 11) is 1.54. The van der Waals surface area contributed by atoms with Gasteiger partial charge in [-0.2, -0.15) is 0 Å². The molecule has 0 aliphatic carbocycles. The van der Waals surface area contributed by atoms with Gasteiger partial charge < -0.3 is 10.5 Å². The summed E-state index contributed by atoms with van der Waals surface area (Å²) in [4.78, 5) is 0. The lowest BCUT2D eigenvalue weighted by Gasteiger charge is -2.18. The minimum absolute atomic E-state index is 0.289. The van der Waals surface area contributed by atoms with E-state index in [1.165, 1.54) is 6.07 Å². The smallest absolute Gasteiger partial charge is 0.127 e. The first-order valence-electron chi connectivity index (χ1n) is 5.98. The fourth-order valence-corrected chi connectivity index (χ4v) is 2.46. The number of rotatable bonds is 3. The van der Waals surface area contributed by atoms with Crippen molar-refractivity contribution in [2.24, 2.45) is 5.73 Å². The Hall–Kier alpha value is -1.29. The first-order chi connectivity index (χ1) is 9.43. The molecule has 0 aliphatic heterocycles. The van der Waals surface area contributed by atoms with Crippen LogP contribution in [0, 0.1) is 12.7 Å². The molecule has 0 amide bonds. The van der Waals surface area contributed by atoms with Crippen molar-refractivity contribution < 1.29 is 9.13 Å². The first kappa shape index (κ1) is 15.1. The Morgan fingerprint density at radius 3 is 2.50 bits per heavy atom. The fourth-order valence-electron chi connectivity index (χ4n) is 2.03. The monoisotopic (exact) mass is 313 g/mol. The third-order valence-corrected chi connectivity index (χ3v) is 3.71. The molecule has 2 N–H and O–H groups in total. The van der Waals surface area contributed by atoms with E-state index in [1.807, 2.05) is 0 Å². The van der Waals surface area contributed by atoms with Crippen LogP contribution in [0.5, 0.6) is 5.75 Å². The highest BCUT2D eigenvalue weighted by Gasteiger charge is 2.18. The van der Waals surface area contributed by atoms with Gasteiger partial charge in [-0.25, -0.2) is 4.39 Å². The van der Waals surface area contributed by atoms with Crippen LogP contribution in [-0.2, 0) is 0 Å². The number of benzene rings is 2. The zero-order valence-corrected chi connectivity index (χ0v) is 12.6. The van der Waals surface area contributed by atoms with E-state index in [9.17, 15) is 4.39 Å². The van der Waals surface area contributed by atoms with Crippen LogP contribution in [0.25, 0.3) is 0 Å². The maximum Gasteiger partial charge on any atom is 0.127 e. The zero-order chi connectivity index (χ0) is 14.9. The second kappa shape index (κ2) is 6.00. The van der Waals surface area contributed by atoms with Crippen LogP contribution < -0.4 is 10.5 Å². The van der Waals surface area contributed by atoms with Crippen molar-refractivity contribution in [1.29, 1.82) is 0 Å². The lowest BCUT2D eigenvalue weighted by molar-refractivity contribution is 0.408. The first-order valence-corrected chi connectivity index (χ1v) is 6.74. The van der Waals surface area contributed by atoms with Gasteiger partial charge in [0.15, 0.2) is 0 Å². The van der Waals surface area contributed by atoms with Gasteiger partial charge in [0, 0.05) is 15.6 Å². The van der Waals surface area contributed by atoms with Crippen molar-refractivity contribution in [3.63, 3.8) is 0 Å². The predicted octanol–water partition coefficient (Wildman–Crippen LogP) is 4.50. The zero-order valence-electron chi connectivity index (χ0n) is 11.1. The average molecular weight is 314 g/mol. The Bertz CT molecular complexity index is 646. The van der Waals surface area contributed by atoms with E-state index in [0.29, 0.717) is 21.9 Å². The summed E-state index contributed by atoms with van der Waals surface area (Å²) < 4.78 is 18.7. The third kappa shape index (κ3) is 2.90. The highest BCUT2D eigenvalue weighted by Crippen LogP contribution is 2.34. The molecule has 0 saturated carbocycles. The van der Waals surface area contributed by atoms with Crippen molar-refractivity contribution in [3.05, 3.63) is 62.9 Å². The van der Waals surface area contributed by atoms with Gasteiger partial charge in [-0.15, -0.1) is 0 Å². The second-order valence-electron chi connectivity index (χ2n) is 4.49. The summed E-state index contributed by atoms with van der Waals surface area (Å²) in [6, 6.07) is 7.59.